The number of carbonyl (C=O) groups excluding carboxylic acids is 2. The average molecular weight is 384 g/mol. The molecule has 1 fully saturated rings. The minimum atomic E-state index is -0.250. The maximum Gasteiger partial charge on any atom is 0.225 e. The molecule has 2 heterocycles. The summed E-state index contributed by atoms with van der Waals surface area (Å²) in [7, 11) is 0. The van der Waals surface area contributed by atoms with E-state index in [0.29, 0.717) is 31.7 Å². The molecule has 0 unspecified atom stereocenters. The molecule has 0 spiro atoms. The number of hydrogen-bond donors (Lipinski definition) is 1. The van der Waals surface area contributed by atoms with E-state index in [1.54, 1.807) is 18.3 Å². The standard InChI is InChI=1S/C21H25FN4O2/c1-16-4-3-11-23-21(16)24-19(27)5-2-6-20(28)26-14-12-25(13-15-26)18-9-7-17(22)8-10-18/h3-4,7-11H,2,5-6,12-15H2,1H3,(H,23,24,27). The number of piperazine rings is 1. The SMILES string of the molecule is Cc1cccnc1NC(=O)CCCC(=O)N1CCN(c2ccc(F)cc2)CC1. The van der Waals surface area contributed by atoms with Gasteiger partial charge in [-0.3, -0.25) is 9.59 Å². The fourth-order valence-electron chi connectivity index (χ4n) is 3.24. The molecule has 148 valence electrons. The van der Waals surface area contributed by atoms with Crippen LogP contribution >= 0.6 is 0 Å². The predicted molar refractivity (Wildman–Crippen MR) is 107 cm³/mol. The highest BCUT2D eigenvalue weighted by Crippen LogP contribution is 2.17. The highest BCUT2D eigenvalue weighted by molar-refractivity contribution is 5.90. The first-order chi connectivity index (χ1) is 13.5. The van der Waals surface area contributed by atoms with Gasteiger partial charge in [-0.2, -0.15) is 0 Å². The summed E-state index contributed by atoms with van der Waals surface area (Å²) in [5.74, 6) is 0.256. The maximum atomic E-state index is 13.0. The zero-order valence-electron chi connectivity index (χ0n) is 16.0. The number of hydrogen-bond acceptors (Lipinski definition) is 4. The van der Waals surface area contributed by atoms with E-state index in [1.807, 2.05) is 24.0 Å². The van der Waals surface area contributed by atoms with Crippen molar-refractivity contribution in [3.05, 3.63) is 54.0 Å². The number of benzene rings is 1. The van der Waals surface area contributed by atoms with Crippen LogP contribution in [0.15, 0.2) is 42.6 Å². The van der Waals surface area contributed by atoms with E-state index >= 15 is 0 Å². The molecule has 1 aliphatic heterocycles. The summed E-state index contributed by atoms with van der Waals surface area (Å²) in [4.78, 5) is 32.5. The van der Waals surface area contributed by atoms with E-state index in [2.05, 4.69) is 15.2 Å². The van der Waals surface area contributed by atoms with Gasteiger partial charge in [0, 0.05) is 50.9 Å². The number of nitrogens with zero attached hydrogens (tertiary/aromatic N) is 3. The largest absolute Gasteiger partial charge is 0.368 e. The molecule has 0 saturated carbocycles. The Morgan fingerprint density at radius 1 is 1.07 bits per heavy atom. The molecule has 1 aromatic heterocycles. The number of rotatable bonds is 6. The molecule has 3 rings (SSSR count). The van der Waals surface area contributed by atoms with Crippen LogP contribution < -0.4 is 10.2 Å². The molecule has 7 heteroatoms. The van der Waals surface area contributed by atoms with Crippen molar-refractivity contribution >= 4 is 23.3 Å². The molecule has 0 radical (unpaired) electrons. The molecule has 0 atom stereocenters. The first-order valence-corrected chi connectivity index (χ1v) is 9.52. The molecular weight excluding hydrogens is 359 g/mol. The molecule has 28 heavy (non-hydrogen) atoms. The number of aromatic nitrogens is 1. The molecule has 1 saturated heterocycles. The fourth-order valence-corrected chi connectivity index (χ4v) is 3.24. The van der Waals surface area contributed by atoms with Gasteiger partial charge in [0.2, 0.25) is 11.8 Å². The Kier molecular flexibility index (Phi) is 6.57. The van der Waals surface area contributed by atoms with Crippen LogP contribution in [0.1, 0.15) is 24.8 Å². The molecule has 0 aliphatic carbocycles. The molecule has 1 aromatic carbocycles. The van der Waals surface area contributed by atoms with Gasteiger partial charge in [0.15, 0.2) is 0 Å². The van der Waals surface area contributed by atoms with E-state index < -0.39 is 0 Å². The second-order valence-electron chi connectivity index (χ2n) is 6.91. The summed E-state index contributed by atoms with van der Waals surface area (Å²) in [6.07, 6.45) is 2.79. The summed E-state index contributed by atoms with van der Waals surface area (Å²) in [5.41, 5.74) is 1.88. The van der Waals surface area contributed by atoms with Gasteiger partial charge in [0.05, 0.1) is 0 Å². The third-order valence-corrected chi connectivity index (χ3v) is 4.89. The number of halogens is 1. The van der Waals surface area contributed by atoms with Gasteiger partial charge < -0.3 is 15.1 Å². The van der Waals surface area contributed by atoms with Crippen LogP contribution in [0.3, 0.4) is 0 Å². The van der Waals surface area contributed by atoms with Crippen LogP contribution in [0.4, 0.5) is 15.9 Å². The second-order valence-corrected chi connectivity index (χ2v) is 6.91. The van der Waals surface area contributed by atoms with E-state index in [1.165, 1.54) is 12.1 Å². The number of anilines is 2. The number of aryl methyl sites for hydroxylation is 1. The Bertz CT molecular complexity index is 817. The van der Waals surface area contributed by atoms with Gasteiger partial charge in [0.25, 0.3) is 0 Å². The number of pyridine rings is 1. The Labute approximate surface area is 164 Å². The molecule has 2 amide bonds. The van der Waals surface area contributed by atoms with Crippen molar-refractivity contribution in [2.45, 2.75) is 26.2 Å². The van der Waals surface area contributed by atoms with Crippen molar-refractivity contribution in [1.29, 1.82) is 0 Å². The van der Waals surface area contributed by atoms with E-state index in [0.717, 1.165) is 24.3 Å². The third kappa shape index (κ3) is 5.28. The van der Waals surface area contributed by atoms with Gasteiger partial charge in [-0.25, -0.2) is 9.37 Å². The van der Waals surface area contributed by atoms with Crippen molar-refractivity contribution in [2.24, 2.45) is 0 Å². The average Bonchev–Trinajstić information content (AvgIpc) is 2.70. The lowest BCUT2D eigenvalue weighted by Crippen LogP contribution is -2.48. The lowest BCUT2D eigenvalue weighted by atomic mass is 10.2. The lowest BCUT2D eigenvalue weighted by Gasteiger charge is -2.36. The van der Waals surface area contributed by atoms with Crippen LogP contribution in [-0.2, 0) is 9.59 Å². The predicted octanol–water partition coefficient (Wildman–Crippen LogP) is 2.99. The van der Waals surface area contributed by atoms with E-state index in [4.69, 9.17) is 0 Å². The zero-order chi connectivity index (χ0) is 19.9. The minimum absolute atomic E-state index is 0.0700. The normalized spacial score (nSPS) is 14.1. The van der Waals surface area contributed by atoms with Crippen molar-refractivity contribution in [3.8, 4) is 0 Å². The summed E-state index contributed by atoms with van der Waals surface area (Å²) < 4.78 is 13.0. The van der Waals surface area contributed by atoms with E-state index in [-0.39, 0.29) is 24.1 Å². The van der Waals surface area contributed by atoms with Crippen molar-refractivity contribution in [2.75, 3.05) is 36.4 Å². The van der Waals surface area contributed by atoms with Crippen molar-refractivity contribution < 1.29 is 14.0 Å². The topological polar surface area (TPSA) is 65.5 Å². The van der Waals surface area contributed by atoms with Gasteiger partial charge >= 0.3 is 0 Å². The van der Waals surface area contributed by atoms with Crippen molar-refractivity contribution in [1.82, 2.24) is 9.88 Å². The highest BCUT2D eigenvalue weighted by atomic mass is 19.1. The highest BCUT2D eigenvalue weighted by Gasteiger charge is 2.21. The molecular formula is C21H25FN4O2. The van der Waals surface area contributed by atoms with Crippen molar-refractivity contribution in [3.63, 3.8) is 0 Å². The first kappa shape index (κ1) is 19.8. The smallest absolute Gasteiger partial charge is 0.225 e. The second kappa shape index (κ2) is 9.30. The van der Waals surface area contributed by atoms with Gasteiger partial charge in [0.1, 0.15) is 11.6 Å². The Hall–Kier alpha value is -2.96. The Morgan fingerprint density at radius 2 is 1.79 bits per heavy atom. The summed E-state index contributed by atoms with van der Waals surface area (Å²) in [5, 5.41) is 2.78. The monoisotopic (exact) mass is 384 g/mol. The van der Waals surface area contributed by atoms with Crippen LogP contribution in [0, 0.1) is 12.7 Å². The van der Waals surface area contributed by atoms with Crippen LogP contribution in [-0.4, -0.2) is 47.9 Å². The lowest BCUT2D eigenvalue weighted by molar-refractivity contribution is -0.131. The van der Waals surface area contributed by atoms with Crippen LogP contribution in [0.2, 0.25) is 0 Å². The van der Waals surface area contributed by atoms with Gasteiger partial charge in [-0.15, -0.1) is 0 Å². The Balaban J connectivity index is 1.38. The van der Waals surface area contributed by atoms with Gasteiger partial charge in [-0.05, 0) is 49.2 Å². The number of nitrogens with one attached hydrogen (secondary N) is 1. The van der Waals surface area contributed by atoms with E-state index in [9.17, 15) is 14.0 Å². The third-order valence-electron chi connectivity index (χ3n) is 4.89. The minimum Gasteiger partial charge on any atom is -0.368 e. The molecule has 1 aliphatic rings. The maximum absolute atomic E-state index is 13.0. The summed E-state index contributed by atoms with van der Waals surface area (Å²) >= 11 is 0. The molecule has 1 N–H and O–H groups in total. The van der Waals surface area contributed by atoms with Crippen LogP contribution in [0.25, 0.3) is 0 Å². The number of amides is 2. The Morgan fingerprint density at radius 3 is 2.46 bits per heavy atom. The quantitative estimate of drug-likeness (QED) is 0.832. The fraction of sp³-hybridized carbons (Fsp3) is 0.381. The zero-order valence-corrected chi connectivity index (χ0v) is 16.0. The van der Waals surface area contributed by atoms with Gasteiger partial charge in [-0.1, -0.05) is 6.07 Å². The molecule has 2 aromatic rings. The molecule has 0 bridgehead atoms. The number of carbonyl (C=O) groups is 2. The first-order valence-electron chi connectivity index (χ1n) is 9.52. The van der Waals surface area contributed by atoms with Crippen LogP contribution in [0.5, 0.6) is 0 Å². The summed E-state index contributed by atoms with van der Waals surface area (Å²) in [6, 6.07) is 10.1. The molecule has 6 nitrogen and oxygen atoms in total. The summed E-state index contributed by atoms with van der Waals surface area (Å²) in [6.45, 7) is 4.59.